The maximum Gasteiger partial charge on any atom is 0.220 e. The van der Waals surface area contributed by atoms with Crippen molar-refractivity contribution in [3.8, 4) is 0 Å². The summed E-state index contributed by atoms with van der Waals surface area (Å²) in [6.45, 7) is 9.45. The third-order valence-corrected chi connectivity index (χ3v) is 4.79. The summed E-state index contributed by atoms with van der Waals surface area (Å²) in [4.78, 5) is 11.2. The molecule has 3 N–H and O–H groups in total. The van der Waals surface area contributed by atoms with Gasteiger partial charge in [0.25, 0.3) is 0 Å². The lowest BCUT2D eigenvalue weighted by molar-refractivity contribution is -0.122. The van der Waals surface area contributed by atoms with Gasteiger partial charge in [0.05, 0.1) is 5.69 Å². The highest BCUT2D eigenvalue weighted by Gasteiger charge is 2.26. The van der Waals surface area contributed by atoms with E-state index in [0.717, 1.165) is 37.9 Å². The molecule has 21 heavy (non-hydrogen) atoms. The van der Waals surface area contributed by atoms with Gasteiger partial charge in [-0.05, 0) is 53.4 Å². The molecule has 2 rings (SSSR count). The molecule has 0 saturated heterocycles. The Balaban J connectivity index is 1.98. The number of hydrogen-bond donors (Lipinski definition) is 2. The van der Waals surface area contributed by atoms with Crippen molar-refractivity contribution in [2.24, 2.45) is 11.7 Å². The second-order valence-corrected chi connectivity index (χ2v) is 6.24. The Morgan fingerprint density at radius 1 is 1.38 bits per heavy atom. The minimum atomic E-state index is -0.141. The fourth-order valence-electron chi connectivity index (χ4n) is 3.63. The average molecular weight is 292 g/mol. The molecule has 1 heterocycles. The van der Waals surface area contributed by atoms with Gasteiger partial charge in [0.15, 0.2) is 0 Å². The van der Waals surface area contributed by atoms with Gasteiger partial charge in [-0.2, -0.15) is 5.10 Å². The molecule has 1 saturated carbocycles. The normalized spacial score (nSPS) is 24.0. The smallest absolute Gasteiger partial charge is 0.220 e. The van der Waals surface area contributed by atoms with E-state index in [9.17, 15) is 4.79 Å². The lowest BCUT2D eigenvalue weighted by atomic mass is 9.85. The summed E-state index contributed by atoms with van der Waals surface area (Å²) >= 11 is 0. The second-order valence-electron chi connectivity index (χ2n) is 6.24. The summed E-state index contributed by atoms with van der Waals surface area (Å²) in [5.74, 6) is -0.0675. The molecule has 1 aliphatic carbocycles. The fraction of sp³-hybridized carbons (Fsp3) is 0.750. The molecule has 1 fully saturated rings. The van der Waals surface area contributed by atoms with Crippen LogP contribution in [0.3, 0.4) is 0 Å². The average Bonchev–Trinajstić information content (AvgIpc) is 2.73. The van der Waals surface area contributed by atoms with Crippen LogP contribution >= 0.6 is 0 Å². The molecule has 1 aromatic heterocycles. The number of nitrogens with zero attached hydrogens (tertiary/aromatic N) is 2. The molecular weight excluding hydrogens is 264 g/mol. The van der Waals surface area contributed by atoms with Crippen molar-refractivity contribution in [2.45, 2.75) is 72.0 Å². The van der Waals surface area contributed by atoms with Crippen LogP contribution in [0, 0.1) is 19.8 Å². The van der Waals surface area contributed by atoms with E-state index in [2.05, 4.69) is 42.8 Å². The van der Waals surface area contributed by atoms with Crippen LogP contribution in [0.25, 0.3) is 0 Å². The highest BCUT2D eigenvalue weighted by molar-refractivity contribution is 5.76. The molecule has 1 amide bonds. The van der Waals surface area contributed by atoms with E-state index < -0.39 is 0 Å². The minimum Gasteiger partial charge on any atom is -0.369 e. The first-order chi connectivity index (χ1) is 9.93. The van der Waals surface area contributed by atoms with Crippen LogP contribution in [-0.4, -0.2) is 21.7 Å². The molecule has 1 aromatic rings. The van der Waals surface area contributed by atoms with Crippen LogP contribution in [0.5, 0.6) is 0 Å². The van der Waals surface area contributed by atoms with Crippen molar-refractivity contribution in [3.63, 3.8) is 0 Å². The van der Waals surface area contributed by atoms with Crippen LogP contribution < -0.4 is 11.1 Å². The number of aryl methyl sites for hydroxylation is 2. The van der Waals surface area contributed by atoms with Gasteiger partial charge >= 0.3 is 0 Å². The lowest BCUT2D eigenvalue weighted by Crippen LogP contribution is -2.38. The number of primary amides is 1. The van der Waals surface area contributed by atoms with Gasteiger partial charge in [-0.25, -0.2) is 0 Å². The first-order valence-corrected chi connectivity index (χ1v) is 8.03. The van der Waals surface area contributed by atoms with Crippen molar-refractivity contribution in [1.82, 2.24) is 15.1 Å². The van der Waals surface area contributed by atoms with E-state index in [0.29, 0.717) is 12.1 Å². The van der Waals surface area contributed by atoms with E-state index in [1.807, 2.05) is 0 Å². The Hall–Kier alpha value is -1.36. The monoisotopic (exact) mass is 292 g/mol. The zero-order valence-electron chi connectivity index (χ0n) is 13.6. The molecule has 0 aliphatic heterocycles. The maximum absolute atomic E-state index is 11.2. The van der Waals surface area contributed by atoms with Gasteiger partial charge < -0.3 is 11.1 Å². The highest BCUT2D eigenvalue weighted by atomic mass is 16.1. The molecule has 1 atom stereocenters. The van der Waals surface area contributed by atoms with Crippen molar-refractivity contribution in [2.75, 3.05) is 0 Å². The van der Waals surface area contributed by atoms with E-state index in [4.69, 9.17) is 5.73 Å². The number of nitrogens with one attached hydrogen (secondary N) is 1. The van der Waals surface area contributed by atoms with Crippen molar-refractivity contribution >= 4 is 5.91 Å². The molecule has 0 spiro atoms. The van der Waals surface area contributed by atoms with Gasteiger partial charge in [0, 0.05) is 35.8 Å². The number of carbonyl (C=O) groups is 1. The van der Waals surface area contributed by atoms with Crippen LogP contribution in [0.15, 0.2) is 0 Å². The number of hydrogen-bond acceptors (Lipinski definition) is 3. The molecule has 5 heteroatoms. The van der Waals surface area contributed by atoms with Gasteiger partial charge in [-0.1, -0.05) is 0 Å². The Bertz CT molecular complexity index is 501. The standard InChI is InChI=1S/C16H28N4O/c1-5-20-12(4)15(11(3)19-20)10(2)18-14-8-6-13(7-9-14)16(17)21/h10,13-14,18H,5-9H2,1-4H3,(H2,17,21). The van der Waals surface area contributed by atoms with Gasteiger partial charge in [0.1, 0.15) is 0 Å². The number of nitrogens with two attached hydrogens (primary N) is 1. The molecular formula is C16H28N4O. The fourth-order valence-corrected chi connectivity index (χ4v) is 3.63. The quantitative estimate of drug-likeness (QED) is 0.874. The summed E-state index contributed by atoms with van der Waals surface area (Å²) < 4.78 is 2.06. The summed E-state index contributed by atoms with van der Waals surface area (Å²) in [6.07, 6.45) is 3.87. The second kappa shape index (κ2) is 6.60. The Morgan fingerprint density at radius 3 is 2.48 bits per heavy atom. The predicted molar refractivity (Wildman–Crippen MR) is 83.9 cm³/mol. The van der Waals surface area contributed by atoms with Crippen molar-refractivity contribution in [3.05, 3.63) is 17.0 Å². The highest BCUT2D eigenvalue weighted by Crippen LogP contribution is 2.27. The number of amides is 1. The first-order valence-electron chi connectivity index (χ1n) is 8.03. The zero-order chi connectivity index (χ0) is 15.6. The van der Waals surface area contributed by atoms with Gasteiger partial charge in [-0.15, -0.1) is 0 Å². The van der Waals surface area contributed by atoms with Crippen molar-refractivity contribution in [1.29, 1.82) is 0 Å². The first kappa shape index (κ1) is 16.0. The Labute approximate surface area is 127 Å². The molecule has 118 valence electrons. The SMILES string of the molecule is CCn1nc(C)c(C(C)NC2CCC(C(N)=O)CC2)c1C. The van der Waals surface area contributed by atoms with E-state index in [1.54, 1.807) is 0 Å². The summed E-state index contributed by atoms with van der Waals surface area (Å²) in [5.41, 5.74) is 9.07. The number of rotatable bonds is 5. The molecule has 0 bridgehead atoms. The van der Waals surface area contributed by atoms with Crippen LogP contribution in [0.4, 0.5) is 0 Å². The molecule has 5 nitrogen and oxygen atoms in total. The largest absolute Gasteiger partial charge is 0.369 e. The summed E-state index contributed by atoms with van der Waals surface area (Å²) in [6, 6.07) is 0.764. The Morgan fingerprint density at radius 2 is 2.00 bits per heavy atom. The van der Waals surface area contributed by atoms with E-state index in [1.165, 1.54) is 11.3 Å². The minimum absolute atomic E-state index is 0.0738. The Kier molecular flexibility index (Phi) is 5.04. The van der Waals surface area contributed by atoms with Gasteiger partial charge in [-0.3, -0.25) is 9.48 Å². The van der Waals surface area contributed by atoms with Crippen LogP contribution in [-0.2, 0) is 11.3 Å². The van der Waals surface area contributed by atoms with Gasteiger partial charge in [0.2, 0.25) is 5.91 Å². The van der Waals surface area contributed by atoms with Crippen LogP contribution in [0.1, 0.15) is 62.5 Å². The third-order valence-electron chi connectivity index (χ3n) is 4.79. The molecule has 1 aliphatic rings. The zero-order valence-corrected chi connectivity index (χ0v) is 13.6. The topological polar surface area (TPSA) is 72.9 Å². The van der Waals surface area contributed by atoms with Crippen molar-refractivity contribution < 1.29 is 4.79 Å². The van der Waals surface area contributed by atoms with E-state index >= 15 is 0 Å². The van der Waals surface area contributed by atoms with Crippen LogP contribution in [0.2, 0.25) is 0 Å². The lowest BCUT2D eigenvalue weighted by Gasteiger charge is -2.30. The summed E-state index contributed by atoms with van der Waals surface area (Å²) in [5, 5.41) is 8.30. The van der Waals surface area contributed by atoms with E-state index in [-0.39, 0.29) is 11.8 Å². The number of carbonyl (C=O) groups excluding carboxylic acids is 1. The summed E-state index contributed by atoms with van der Waals surface area (Å²) in [7, 11) is 0. The molecule has 1 unspecified atom stereocenters. The predicted octanol–water partition coefficient (Wildman–Crippen LogP) is 2.21. The molecule has 0 radical (unpaired) electrons. The maximum atomic E-state index is 11.2. The number of aromatic nitrogens is 2. The third kappa shape index (κ3) is 3.46. The molecule has 0 aromatic carbocycles.